The highest BCUT2D eigenvalue weighted by Gasteiger charge is 2.56. The van der Waals surface area contributed by atoms with Gasteiger partial charge in [0.05, 0.1) is 18.8 Å². The number of carbonyl (C=O) groups is 1. The average molecular weight is 763 g/mol. The normalized spacial score (nSPS) is 28.6. The Bertz CT molecular complexity index is 1310. The van der Waals surface area contributed by atoms with E-state index in [0.29, 0.717) is 23.2 Å². The summed E-state index contributed by atoms with van der Waals surface area (Å²) in [5, 5.41) is 16.6. The monoisotopic (exact) mass is 761 g/mol. The Hall–Kier alpha value is -1.52. The lowest BCUT2D eigenvalue weighted by atomic mass is 9.71. The number of rotatable bonds is 16. The number of benzene rings is 1. The molecule has 1 aromatic carbocycles. The topological polar surface area (TPSA) is 108 Å². The Morgan fingerprint density at radius 3 is 2.42 bits per heavy atom. The number of ketones is 1. The fourth-order valence-corrected chi connectivity index (χ4v) is 15.2. The lowest BCUT2D eigenvalue weighted by Gasteiger charge is -2.46. The van der Waals surface area contributed by atoms with Gasteiger partial charge in [-0.1, -0.05) is 69.6 Å². The van der Waals surface area contributed by atoms with Crippen molar-refractivity contribution in [2.75, 3.05) is 13.2 Å². The molecule has 1 aliphatic carbocycles. The molecule has 48 heavy (non-hydrogen) atoms. The summed E-state index contributed by atoms with van der Waals surface area (Å²) in [6, 6.07) is 7.56. The predicted molar refractivity (Wildman–Crippen MR) is 205 cm³/mol. The van der Waals surface area contributed by atoms with Gasteiger partial charge in [0.1, 0.15) is 17.9 Å². The van der Waals surface area contributed by atoms with Gasteiger partial charge in [0.15, 0.2) is 14.1 Å². The SMILES string of the molecule is CC(CO[Si](C)(C)C)N1NC=CC1C1(C(=O)Cc2cccc(Br)c2)C=NC=NC1N[C@@H]1C[C@H](CO)[C@@H](O[Si](C(C)C)(C(C)C)C(C)C)C1. The van der Waals surface area contributed by atoms with Crippen LogP contribution in [0.25, 0.3) is 0 Å². The number of hydrogen-bond acceptors (Lipinski definition) is 9. The highest BCUT2D eigenvalue weighted by atomic mass is 79.9. The molecule has 7 atom stereocenters. The maximum Gasteiger partial charge on any atom is 0.200 e. The molecular weight excluding hydrogens is 703 g/mol. The largest absolute Gasteiger partial charge is 0.416 e. The van der Waals surface area contributed by atoms with Crippen molar-refractivity contribution in [3.05, 3.63) is 46.6 Å². The van der Waals surface area contributed by atoms with E-state index in [1.807, 2.05) is 36.7 Å². The molecule has 3 aliphatic rings. The third-order valence-corrected chi connectivity index (χ3v) is 18.3. The first-order valence-corrected chi connectivity index (χ1v) is 24.1. The summed E-state index contributed by atoms with van der Waals surface area (Å²) in [5.74, 6) is 0.0534. The summed E-state index contributed by atoms with van der Waals surface area (Å²) >= 11 is 3.58. The molecule has 12 heteroatoms. The van der Waals surface area contributed by atoms with Crippen molar-refractivity contribution < 1.29 is 18.8 Å². The van der Waals surface area contributed by atoms with Crippen molar-refractivity contribution >= 4 is 50.9 Å². The van der Waals surface area contributed by atoms with E-state index < -0.39 is 28.2 Å². The van der Waals surface area contributed by atoms with Crippen LogP contribution in [0.2, 0.25) is 36.3 Å². The Kier molecular flexibility index (Phi) is 13.3. The minimum atomic E-state index is -2.17. The summed E-state index contributed by atoms with van der Waals surface area (Å²) in [5.41, 5.74) is 4.60. The summed E-state index contributed by atoms with van der Waals surface area (Å²) in [6.45, 7) is 23.1. The number of nitrogens with one attached hydrogen (secondary N) is 2. The van der Waals surface area contributed by atoms with Crippen molar-refractivity contribution in [2.24, 2.45) is 21.3 Å². The van der Waals surface area contributed by atoms with Crippen LogP contribution >= 0.6 is 15.9 Å². The van der Waals surface area contributed by atoms with Gasteiger partial charge in [-0.2, -0.15) is 0 Å². The van der Waals surface area contributed by atoms with Crippen molar-refractivity contribution in [1.29, 1.82) is 0 Å². The van der Waals surface area contributed by atoms with Crippen LogP contribution in [-0.4, -0.2) is 88.7 Å². The Morgan fingerprint density at radius 2 is 1.81 bits per heavy atom. The van der Waals surface area contributed by atoms with Gasteiger partial charge in [-0.25, -0.2) is 10.0 Å². The van der Waals surface area contributed by atoms with E-state index in [1.165, 1.54) is 0 Å². The molecule has 0 amide bonds. The molecule has 1 fully saturated rings. The van der Waals surface area contributed by atoms with Gasteiger partial charge in [-0.05, 0) is 79.8 Å². The van der Waals surface area contributed by atoms with Crippen molar-refractivity contribution in [2.45, 2.75) is 134 Å². The van der Waals surface area contributed by atoms with Crippen molar-refractivity contribution in [3.63, 3.8) is 0 Å². The van der Waals surface area contributed by atoms with Crippen LogP contribution in [0.5, 0.6) is 0 Å². The fraction of sp³-hybridized carbons (Fsp3) is 0.694. The van der Waals surface area contributed by atoms with Crippen molar-refractivity contribution in [3.8, 4) is 0 Å². The molecule has 4 unspecified atom stereocenters. The van der Waals surface area contributed by atoms with Crippen LogP contribution in [0.15, 0.2) is 51.0 Å². The lowest BCUT2D eigenvalue weighted by molar-refractivity contribution is -0.129. The van der Waals surface area contributed by atoms with Crippen LogP contribution in [-0.2, 0) is 20.1 Å². The van der Waals surface area contributed by atoms with E-state index in [4.69, 9.17) is 13.8 Å². The highest BCUT2D eigenvalue weighted by Crippen LogP contribution is 2.46. The smallest absolute Gasteiger partial charge is 0.200 e. The molecule has 0 saturated heterocycles. The van der Waals surface area contributed by atoms with Gasteiger partial charge in [-0.15, -0.1) is 0 Å². The quantitative estimate of drug-likeness (QED) is 0.158. The van der Waals surface area contributed by atoms with Gasteiger partial charge in [-0.3, -0.25) is 15.1 Å². The zero-order chi connectivity index (χ0) is 35.4. The van der Waals surface area contributed by atoms with Gasteiger partial charge in [0.25, 0.3) is 0 Å². The number of aliphatic hydroxyl groups is 1. The molecule has 0 aromatic heterocycles. The molecule has 0 spiro atoms. The summed E-state index contributed by atoms with van der Waals surface area (Å²) < 4.78 is 14.5. The van der Waals surface area contributed by atoms with E-state index in [1.54, 1.807) is 6.34 Å². The van der Waals surface area contributed by atoms with E-state index in [-0.39, 0.29) is 49.0 Å². The third-order valence-electron chi connectivity index (χ3n) is 10.6. The number of aliphatic imine (C=N–C) groups is 2. The molecule has 9 nitrogen and oxygen atoms in total. The first-order valence-electron chi connectivity index (χ1n) is 17.8. The second-order valence-electron chi connectivity index (χ2n) is 16.0. The number of hydrazine groups is 1. The maximum absolute atomic E-state index is 14.9. The Morgan fingerprint density at radius 1 is 1.12 bits per heavy atom. The minimum Gasteiger partial charge on any atom is -0.416 e. The maximum atomic E-state index is 14.9. The lowest BCUT2D eigenvalue weighted by Crippen LogP contribution is -2.65. The number of aliphatic hydroxyl groups excluding tert-OH is 1. The average Bonchev–Trinajstić information content (AvgIpc) is 3.65. The van der Waals surface area contributed by atoms with Gasteiger partial charge < -0.3 is 19.4 Å². The van der Waals surface area contributed by atoms with Gasteiger partial charge >= 0.3 is 0 Å². The molecule has 2 heterocycles. The van der Waals surface area contributed by atoms with E-state index >= 15 is 0 Å². The van der Waals surface area contributed by atoms with E-state index in [9.17, 15) is 9.90 Å². The second-order valence-corrected chi connectivity index (χ2v) is 26.8. The predicted octanol–water partition coefficient (Wildman–Crippen LogP) is 6.85. The van der Waals surface area contributed by atoms with E-state index in [0.717, 1.165) is 22.9 Å². The Balaban J connectivity index is 1.67. The molecule has 2 aliphatic heterocycles. The number of halogens is 1. The third kappa shape index (κ3) is 8.50. The molecule has 0 radical (unpaired) electrons. The van der Waals surface area contributed by atoms with Crippen LogP contribution in [0, 0.1) is 11.3 Å². The molecule has 4 rings (SSSR count). The number of Topliss-reactive ketones (excluding diaryl/α,β-unsaturated/α-hetero) is 1. The van der Waals surface area contributed by atoms with Crippen molar-refractivity contribution in [1.82, 2.24) is 15.8 Å². The Labute approximate surface area is 299 Å². The number of carbonyl (C=O) groups excluding carboxylic acids is 1. The van der Waals surface area contributed by atoms with Gasteiger partial charge in [0, 0.05) is 47.9 Å². The molecule has 0 bridgehead atoms. The molecule has 3 N–H and O–H groups in total. The first-order chi connectivity index (χ1) is 22.5. The zero-order valence-corrected chi connectivity index (χ0v) is 34.3. The van der Waals surface area contributed by atoms with Crippen LogP contribution < -0.4 is 10.7 Å². The van der Waals surface area contributed by atoms with E-state index in [2.05, 4.69) is 111 Å². The van der Waals surface area contributed by atoms with Crippen LogP contribution in [0.4, 0.5) is 0 Å². The van der Waals surface area contributed by atoms with Crippen LogP contribution in [0.1, 0.15) is 66.9 Å². The number of nitrogens with zero attached hydrogens (tertiary/aromatic N) is 3. The fourth-order valence-electron chi connectivity index (χ4n) is 8.34. The summed E-state index contributed by atoms with van der Waals surface area (Å²) in [6.07, 6.45) is 8.49. The molecule has 1 aromatic rings. The minimum absolute atomic E-state index is 0.0106. The number of hydrogen-bond donors (Lipinski definition) is 3. The second kappa shape index (κ2) is 16.2. The summed E-state index contributed by atoms with van der Waals surface area (Å²) in [7, 11) is -3.93. The standard InChI is InChI=1S/C36H60BrN5O4Si2/c1-24(2)48(25(3)4,26(5)6)46-32-19-31(18-29(32)20-43)41-35-36(22-38-23-39-35,34(44)17-28-12-11-13-30(37)16-28)33-14-15-40-42(33)27(7)21-45-47(8,9)10/h11-16,22-27,29,31-33,35,40-41,43H,17-21H2,1-10H3/t27?,29-,31-,32+,33?,35?,36?/m1/s1. The molecule has 1 saturated carbocycles. The highest BCUT2D eigenvalue weighted by molar-refractivity contribution is 9.10. The first kappa shape index (κ1) is 39.3. The summed E-state index contributed by atoms with van der Waals surface area (Å²) in [4.78, 5) is 24.3. The van der Waals surface area contributed by atoms with Gasteiger partial charge in [0.2, 0.25) is 8.32 Å². The molecular formula is C36H60BrN5O4Si2. The molecule has 268 valence electrons. The zero-order valence-electron chi connectivity index (χ0n) is 30.7. The van der Waals surface area contributed by atoms with Crippen LogP contribution in [0.3, 0.4) is 0 Å².